The molecular formula is C24H35N3O2. The van der Waals surface area contributed by atoms with Crippen LogP contribution < -0.4 is 10.2 Å². The number of hydrogen-bond acceptors (Lipinski definition) is 4. The molecule has 5 nitrogen and oxygen atoms in total. The molecule has 2 bridgehead atoms. The number of anilines is 2. The van der Waals surface area contributed by atoms with Crippen molar-refractivity contribution < 1.29 is 9.53 Å². The zero-order valence-electron chi connectivity index (χ0n) is 17.9. The molecule has 4 aliphatic rings. The summed E-state index contributed by atoms with van der Waals surface area (Å²) in [5.74, 6) is 1.38. The average Bonchev–Trinajstić information content (AvgIpc) is 3.45. The molecule has 4 fully saturated rings. The van der Waals surface area contributed by atoms with Crippen LogP contribution in [0.4, 0.5) is 16.2 Å². The van der Waals surface area contributed by atoms with E-state index in [2.05, 4.69) is 41.1 Å². The van der Waals surface area contributed by atoms with Gasteiger partial charge in [0.1, 0.15) is 6.10 Å². The summed E-state index contributed by atoms with van der Waals surface area (Å²) in [5.41, 5.74) is 3.35. The number of rotatable bonds is 4. The van der Waals surface area contributed by atoms with Gasteiger partial charge in [0.2, 0.25) is 0 Å². The molecular weight excluding hydrogens is 362 g/mol. The van der Waals surface area contributed by atoms with Gasteiger partial charge in [0, 0.05) is 36.5 Å². The number of carbonyl (C=O) groups excluding carboxylic acids is 1. The average molecular weight is 398 g/mol. The van der Waals surface area contributed by atoms with E-state index in [1.807, 2.05) is 6.07 Å². The van der Waals surface area contributed by atoms with E-state index in [0.29, 0.717) is 12.0 Å². The second-order valence-corrected chi connectivity index (χ2v) is 9.86. The Bertz CT molecular complexity index is 766. The molecule has 158 valence electrons. The first kappa shape index (κ1) is 19.2. The predicted octanol–water partition coefficient (Wildman–Crippen LogP) is 4.80. The Labute approximate surface area is 174 Å². The fourth-order valence-corrected chi connectivity index (χ4v) is 6.43. The first-order chi connectivity index (χ1) is 14.1. The first-order valence-electron chi connectivity index (χ1n) is 11.7. The highest BCUT2D eigenvalue weighted by atomic mass is 16.6. The molecule has 5 heteroatoms. The summed E-state index contributed by atoms with van der Waals surface area (Å²) < 4.78 is 5.73. The van der Waals surface area contributed by atoms with Crippen molar-refractivity contribution in [2.75, 3.05) is 29.9 Å². The Morgan fingerprint density at radius 1 is 1.14 bits per heavy atom. The standard InChI is InChI=1S/C24H35N3O2/c1-16-12-20(25-24(28)29-23-14-18-5-6-19(23)13-18)7-8-22(16)26-11-9-21(15-26)27-10-3-4-17(27)2/h7-8,12,17-19,21,23H,3-6,9-11,13-15H2,1-2H3,(H,25,28)/t17?,18-,19+,21?,23?/m1/s1. The normalized spacial score (nSPS) is 34.1. The minimum absolute atomic E-state index is 0.128. The van der Waals surface area contributed by atoms with Crippen LogP contribution in [0.3, 0.4) is 0 Å². The van der Waals surface area contributed by atoms with Gasteiger partial charge >= 0.3 is 6.09 Å². The van der Waals surface area contributed by atoms with Crippen LogP contribution >= 0.6 is 0 Å². The molecule has 2 aliphatic heterocycles. The van der Waals surface area contributed by atoms with Gasteiger partial charge in [0.25, 0.3) is 0 Å². The molecule has 2 heterocycles. The van der Waals surface area contributed by atoms with E-state index in [1.54, 1.807) is 0 Å². The third kappa shape index (κ3) is 3.86. The molecule has 0 spiro atoms. The lowest BCUT2D eigenvalue weighted by molar-refractivity contribution is 0.0755. The number of fused-ring (bicyclic) bond motifs is 2. The van der Waals surface area contributed by atoms with Crippen molar-refractivity contribution in [1.82, 2.24) is 4.90 Å². The summed E-state index contributed by atoms with van der Waals surface area (Å²) in [4.78, 5) is 17.6. The van der Waals surface area contributed by atoms with Gasteiger partial charge in [-0.2, -0.15) is 0 Å². The van der Waals surface area contributed by atoms with Crippen LogP contribution in [0.1, 0.15) is 57.4 Å². The van der Waals surface area contributed by atoms with Gasteiger partial charge in [0.15, 0.2) is 0 Å². The van der Waals surface area contributed by atoms with Crippen LogP contribution in [0.25, 0.3) is 0 Å². The number of aryl methyl sites for hydroxylation is 1. The molecule has 29 heavy (non-hydrogen) atoms. The molecule has 1 aromatic rings. The van der Waals surface area contributed by atoms with Crippen LogP contribution in [0, 0.1) is 18.8 Å². The maximum Gasteiger partial charge on any atom is 0.411 e. The van der Waals surface area contributed by atoms with E-state index < -0.39 is 0 Å². The lowest BCUT2D eigenvalue weighted by atomic mass is 9.98. The van der Waals surface area contributed by atoms with Crippen molar-refractivity contribution in [2.24, 2.45) is 11.8 Å². The number of ether oxygens (including phenoxy) is 1. The molecule has 3 unspecified atom stereocenters. The Balaban J connectivity index is 1.18. The summed E-state index contributed by atoms with van der Waals surface area (Å²) in [6.45, 7) is 8.01. The van der Waals surface area contributed by atoms with Gasteiger partial charge in [0.05, 0.1) is 0 Å². The molecule has 2 saturated heterocycles. The highest BCUT2D eigenvalue weighted by molar-refractivity contribution is 5.85. The van der Waals surface area contributed by atoms with E-state index in [1.165, 1.54) is 56.3 Å². The van der Waals surface area contributed by atoms with Crippen molar-refractivity contribution in [3.63, 3.8) is 0 Å². The number of carbonyl (C=O) groups is 1. The van der Waals surface area contributed by atoms with E-state index in [4.69, 9.17) is 4.74 Å². The number of nitrogens with zero attached hydrogens (tertiary/aromatic N) is 2. The zero-order chi connectivity index (χ0) is 20.0. The number of hydrogen-bond donors (Lipinski definition) is 1. The minimum atomic E-state index is -0.293. The molecule has 1 amide bonds. The van der Waals surface area contributed by atoms with Gasteiger partial charge in [-0.3, -0.25) is 10.2 Å². The second kappa shape index (κ2) is 7.82. The van der Waals surface area contributed by atoms with E-state index >= 15 is 0 Å². The SMILES string of the molecule is Cc1cc(NC(=O)OC2C[C@@H]3CC[C@H]2C3)ccc1N1CCC(N2CCCC2C)C1. The summed E-state index contributed by atoms with van der Waals surface area (Å²) in [6, 6.07) is 7.69. The van der Waals surface area contributed by atoms with Crippen molar-refractivity contribution >= 4 is 17.5 Å². The third-order valence-electron chi connectivity index (χ3n) is 7.95. The summed E-state index contributed by atoms with van der Waals surface area (Å²) in [5, 5.41) is 2.96. The fourth-order valence-electron chi connectivity index (χ4n) is 6.43. The van der Waals surface area contributed by atoms with Crippen molar-refractivity contribution in [3.05, 3.63) is 23.8 Å². The van der Waals surface area contributed by atoms with E-state index in [9.17, 15) is 4.79 Å². The zero-order valence-corrected chi connectivity index (χ0v) is 17.9. The van der Waals surface area contributed by atoms with Crippen LogP contribution in [-0.2, 0) is 4.74 Å². The highest BCUT2D eigenvalue weighted by Gasteiger charge is 2.41. The summed E-state index contributed by atoms with van der Waals surface area (Å²) in [6.07, 6.45) is 8.62. The van der Waals surface area contributed by atoms with Gasteiger partial charge in [-0.15, -0.1) is 0 Å². The molecule has 2 saturated carbocycles. The minimum Gasteiger partial charge on any atom is -0.446 e. The topological polar surface area (TPSA) is 44.8 Å². The van der Waals surface area contributed by atoms with Gasteiger partial charge in [-0.25, -0.2) is 4.79 Å². The van der Waals surface area contributed by atoms with E-state index in [-0.39, 0.29) is 12.2 Å². The Hall–Kier alpha value is -1.75. The number of benzene rings is 1. The Morgan fingerprint density at radius 2 is 2.03 bits per heavy atom. The van der Waals surface area contributed by atoms with Crippen LogP contribution in [0.15, 0.2) is 18.2 Å². The molecule has 0 aromatic heterocycles. The maximum absolute atomic E-state index is 12.4. The fraction of sp³-hybridized carbons (Fsp3) is 0.708. The van der Waals surface area contributed by atoms with Gasteiger partial charge in [-0.05, 0) is 101 Å². The molecule has 1 N–H and O–H groups in total. The number of amides is 1. The van der Waals surface area contributed by atoms with Gasteiger partial charge < -0.3 is 9.64 Å². The van der Waals surface area contributed by atoms with Crippen molar-refractivity contribution in [1.29, 1.82) is 0 Å². The lowest BCUT2D eigenvalue weighted by Crippen LogP contribution is -2.39. The van der Waals surface area contributed by atoms with Crippen molar-refractivity contribution in [3.8, 4) is 0 Å². The highest BCUT2D eigenvalue weighted by Crippen LogP contribution is 2.46. The predicted molar refractivity (Wildman–Crippen MR) is 117 cm³/mol. The van der Waals surface area contributed by atoms with Crippen LogP contribution in [0.2, 0.25) is 0 Å². The van der Waals surface area contributed by atoms with Crippen LogP contribution in [-0.4, -0.2) is 48.8 Å². The quantitative estimate of drug-likeness (QED) is 0.793. The summed E-state index contributed by atoms with van der Waals surface area (Å²) in [7, 11) is 0. The maximum atomic E-state index is 12.4. The molecule has 1 aromatic carbocycles. The molecule has 5 atom stereocenters. The smallest absolute Gasteiger partial charge is 0.411 e. The van der Waals surface area contributed by atoms with Crippen LogP contribution in [0.5, 0.6) is 0 Å². The van der Waals surface area contributed by atoms with Gasteiger partial charge in [-0.1, -0.05) is 0 Å². The largest absolute Gasteiger partial charge is 0.446 e. The molecule has 2 aliphatic carbocycles. The summed E-state index contributed by atoms with van der Waals surface area (Å²) >= 11 is 0. The third-order valence-corrected chi connectivity index (χ3v) is 7.95. The first-order valence-corrected chi connectivity index (χ1v) is 11.7. The number of nitrogens with one attached hydrogen (secondary N) is 1. The molecule has 0 radical (unpaired) electrons. The van der Waals surface area contributed by atoms with E-state index in [0.717, 1.165) is 37.2 Å². The lowest BCUT2D eigenvalue weighted by Gasteiger charge is -2.29. The Morgan fingerprint density at radius 3 is 2.72 bits per heavy atom. The van der Waals surface area contributed by atoms with Crippen molar-refractivity contribution in [2.45, 2.75) is 77.0 Å². The molecule has 5 rings (SSSR count). The number of likely N-dealkylation sites (tertiary alicyclic amines) is 1. The second-order valence-electron chi connectivity index (χ2n) is 9.86. The monoisotopic (exact) mass is 397 g/mol. The Kier molecular flexibility index (Phi) is 5.19.